The number of benzene rings is 1. The van der Waals surface area contributed by atoms with Gasteiger partial charge in [0.1, 0.15) is 23.8 Å². The number of amides is 3. The molecule has 10 nitrogen and oxygen atoms in total. The summed E-state index contributed by atoms with van der Waals surface area (Å²) in [4.78, 5) is 47.6. The number of methoxy groups -OCH3 is 3. The molecule has 2 aliphatic rings. The second-order valence-corrected chi connectivity index (χ2v) is 8.78. The molecular weight excluding hydrogens is 472 g/mol. The zero-order valence-electron chi connectivity index (χ0n) is 19.7. The summed E-state index contributed by atoms with van der Waals surface area (Å²) in [5.74, 6) is 0.595. The van der Waals surface area contributed by atoms with Crippen molar-refractivity contribution in [1.82, 2.24) is 14.8 Å². The summed E-state index contributed by atoms with van der Waals surface area (Å²) in [7, 11) is 4.50. The van der Waals surface area contributed by atoms with E-state index in [9.17, 15) is 14.4 Å². The highest BCUT2D eigenvalue weighted by molar-refractivity contribution is 8.18. The standard InChI is InChI=1S/C24H26N4O6S/c1-32-17-12-19(33-2)18(20(13-17)34-3)14-21-23(30)28(24(31)35-21)15-22(29)27-10-8-26(9-11-27)16-4-6-25-7-5-16/h4-7,12-14H,8-11,15H2,1-3H3. The van der Waals surface area contributed by atoms with Crippen LogP contribution in [0, 0.1) is 0 Å². The molecule has 0 unspecified atom stereocenters. The molecule has 4 rings (SSSR count). The fourth-order valence-electron chi connectivity index (χ4n) is 3.95. The van der Waals surface area contributed by atoms with E-state index in [1.807, 2.05) is 12.1 Å². The first-order chi connectivity index (χ1) is 16.9. The fourth-order valence-corrected chi connectivity index (χ4v) is 4.77. The molecule has 0 bridgehead atoms. The first-order valence-corrected chi connectivity index (χ1v) is 11.7. The lowest BCUT2D eigenvalue weighted by atomic mass is 10.1. The fraction of sp³-hybridized carbons (Fsp3) is 0.333. The lowest BCUT2D eigenvalue weighted by Crippen LogP contribution is -2.51. The summed E-state index contributed by atoms with van der Waals surface area (Å²) < 4.78 is 16.1. The maximum atomic E-state index is 13.0. The number of nitrogens with zero attached hydrogens (tertiary/aromatic N) is 4. The topological polar surface area (TPSA) is 102 Å². The Hall–Kier alpha value is -3.73. The molecule has 2 fully saturated rings. The molecule has 3 amide bonds. The van der Waals surface area contributed by atoms with Gasteiger partial charge in [0.15, 0.2) is 0 Å². The van der Waals surface area contributed by atoms with Crippen LogP contribution >= 0.6 is 11.8 Å². The summed E-state index contributed by atoms with van der Waals surface area (Å²) in [6.07, 6.45) is 5.01. The number of ether oxygens (including phenoxy) is 3. The van der Waals surface area contributed by atoms with E-state index in [1.165, 1.54) is 21.3 Å². The average Bonchev–Trinajstić information content (AvgIpc) is 3.16. The molecule has 0 N–H and O–H groups in total. The van der Waals surface area contributed by atoms with Crippen molar-refractivity contribution < 1.29 is 28.6 Å². The van der Waals surface area contributed by atoms with Crippen LogP contribution in [-0.4, -0.2) is 85.9 Å². The highest BCUT2D eigenvalue weighted by Crippen LogP contribution is 2.39. The van der Waals surface area contributed by atoms with E-state index in [0.717, 1.165) is 22.3 Å². The predicted molar refractivity (Wildman–Crippen MR) is 132 cm³/mol. The summed E-state index contributed by atoms with van der Waals surface area (Å²) in [6.45, 7) is 2.04. The molecule has 0 radical (unpaired) electrons. The second-order valence-electron chi connectivity index (χ2n) is 7.79. The van der Waals surface area contributed by atoms with E-state index in [2.05, 4.69) is 9.88 Å². The molecule has 0 spiro atoms. The minimum atomic E-state index is -0.524. The first kappa shape index (κ1) is 24.4. The Morgan fingerprint density at radius 2 is 1.63 bits per heavy atom. The zero-order valence-corrected chi connectivity index (χ0v) is 20.5. The van der Waals surface area contributed by atoms with E-state index in [0.29, 0.717) is 49.0 Å². The van der Waals surface area contributed by atoms with Gasteiger partial charge in [0.25, 0.3) is 11.1 Å². The summed E-state index contributed by atoms with van der Waals surface area (Å²) in [5.41, 5.74) is 1.55. The summed E-state index contributed by atoms with van der Waals surface area (Å²) in [6, 6.07) is 7.18. The number of thioether (sulfide) groups is 1. The number of pyridine rings is 1. The Morgan fingerprint density at radius 3 is 2.20 bits per heavy atom. The van der Waals surface area contributed by atoms with Gasteiger partial charge in [0, 0.05) is 56.4 Å². The van der Waals surface area contributed by atoms with Gasteiger partial charge in [-0.15, -0.1) is 0 Å². The lowest BCUT2D eigenvalue weighted by molar-refractivity contribution is -0.136. The van der Waals surface area contributed by atoms with Crippen LogP contribution in [0.1, 0.15) is 5.56 Å². The average molecular weight is 499 g/mol. The van der Waals surface area contributed by atoms with E-state index in [4.69, 9.17) is 14.2 Å². The molecule has 184 valence electrons. The van der Waals surface area contributed by atoms with Gasteiger partial charge >= 0.3 is 0 Å². The lowest BCUT2D eigenvalue weighted by Gasteiger charge is -2.36. The van der Waals surface area contributed by atoms with Gasteiger partial charge in [-0.1, -0.05) is 0 Å². The Bertz CT molecular complexity index is 1120. The highest BCUT2D eigenvalue weighted by Gasteiger charge is 2.38. The third-order valence-electron chi connectivity index (χ3n) is 5.86. The van der Waals surface area contributed by atoms with E-state index < -0.39 is 11.1 Å². The summed E-state index contributed by atoms with van der Waals surface area (Å²) in [5, 5.41) is -0.489. The van der Waals surface area contributed by atoms with Gasteiger partial charge < -0.3 is 24.0 Å². The molecular formula is C24H26N4O6S. The molecule has 1 aromatic carbocycles. The number of carbonyl (C=O) groups is 3. The minimum absolute atomic E-state index is 0.187. The monoisotopic (exact) mass is 498 g/mol. The van der Waals surface area contributed by atoms with Crippen molar-refractivity contribution in [3.63, 3.8) is 0 Å². The predicted octanol–water partition coefficient (Wildman–Crippen LogP) is 2.49. The van der Waals surface area contributed by atoms with Crippen molar-refractivity contribution >= 4 is 40.6 Å². The summed E-state index contributed by atoms with van der Waals surface area (Å²) >= 11 is 0.783. The number of imide groups is 1. The van der Waals surface area contributed by atoms with Crippen LogP contribution in [-0.2, 0) is 9.59 Å². The van der Waals surface area contributed by atoms with Gasteiger partial charge in [-0.25, -0.2) is 0 Å². The second kappa shape index (κ2) is 10.7. The van der Waals surface area contributed by atoms with Crippen molar-refractivity contribution in [2.75, 3.05) is 59.0 Å². The van der Waals surface area contributed by atoms with Crippen LogP contribution < -0.4 is 19.1 Å². The number of aromatic nitrogens is 1. The zero-order chi connectivity index (χ0) is 24.9. The van der Waals surface area contributed by atoms with Crippen LogP contribution in [0.3, 0.4) is 0 Å². The van der Waals surface area contributed by atoms with Crippen LogP contribution in [0.4, 0.5) is 10.5 Å². The highest BCUT2D eigenvalue weighted by atomic mass is 32.2. The number of hydrogen-bond acceptors (Lipinski definition) is 9. The molecule has 2 saturated heterocycles. The quantitative estimate of drug-likeness (QED) is 0.533. The van der Waals surface area contributed by atoms with Gasteiger partial charge in [-0.2, -0.15) is 0 Å². The third-order valence-corrected chi connectivity index (χ3v) is 6.76. The molecule has 0 saturated carbocycles. The minimum Gasteiger partial charge on any atom is -0.496 e. The van der Waals surface area contributed by atoms with E-state index in [-0.39, 0.29) is 17.4 Å². The third kappa shape index (κ3) is 5.19. The molecule has 35 heavy (non-hydrogen) atoms. The number of piperazine rings is 1. The molecule has 11 heteroatoms. The van der Waals surface area contributed by atoms with Crippen LogP contribution in [0.2, 0.25) is 0 Å². The van der Waals surface area contributed by atoms with Gasteiger partial charge in [0.05, 0.1) is 31.8 Å². The molecule has 0 atom stereocenters. The van der Waals surface area contributed by atoms with Crippen LogP contribution in [0.15, 0.2) is 41.6 Å². The van der Waals surface area contributed by atoms with E-state index in [1.54, 1.807) is 35.5 Å². The maximum absolute atomic E-state index is 13.0. The Morgan fingerprint density at radius 1 is 1.00 bits per heavy atom. The van der Waals surface area contributed by atoms with Crippen molar-refractivity contribution in [1.29, 1.82) is 0 Å². The molecule has 3 heterocycles. The number of anilines is 1. The molecule has 0 aliphatic carbocycles. The van der Waals surface area contributed by atoms with Crippen LogP contribution in [0.25, 0.3) is 6.08 Å². The Labute approximate surface area is 207 Å². The Kier molecular flexibility index (Phi) is 7.45. The largest absolute Gasteiger partial charge is 0.496 e. The molecule has 2 aromatic rings. The van der Waals surface area contributed by atoms with Gasteiger partial charge in [-0.3, -0.25) is 24.3 Å². The van der Waals surface area contributed by atoms with E-state index >= 15 is 0 Å². The normalized spacial score (nSPS) is 17.2. The number of carbonyl (C=O) groups excluding carboxylic acids is 3. The van der Waals surface area contributed by atoms with Crippen LogP contribution in [0.5, 0.6) is 17.2 Å². The smallest absolute Gasteiger partial charge is 0.294 e. The molecule has 1 aromatic heterocycles. The van der Waals surface area contributed by atoms with Gasteiger partial charge in [0.2, 0.25) is 5.91 Å². The van der Waals surface area contributed by atoms with Crippen molar-refractivity contribution in [3.05, 3.63) is 47.1 Å². The van der Waals surface area contributed by atoms with Crippen molar-refractivity contribution in [2.45, 2.75) is 0 Å². The van der Waals surface area contributed by atoms with Crippen molar-refractivity contribution in [2.24, 2.45) is 0 Å². The molecule has 2 aliphatic heterocycles. The van der Waals surface area contributed by atoms with Gasteiger partial charge in [-0.05, 0) is 30.0 Å². The number of rotatable bonds is 7. The SMILES string of the molecule is COc1cc(OC)c(C=C2SC(=O)N(CC(=O)N3CCN(c4ccncc4)CC3)C2=O)c(OC)c1. The Balaban J connectivity index is 1.44. The first-order valence-electron chi connectivity index (χ1n) is 10.9. The maximum Gasteiger partial charge on any atom is 0.294 e. The number of hydrogen-bond donors (Lipinski definition) is 0. The van der Waals surface area contributed by atoms with Crippen molar-refractivity contribution in [3.8, 4) is 17.2 Å².